The van der Waals surface area contributed by atoms with Gasteiger partial charge in [0.1, 0.15) is 6.17 Å². The molecule has 1 N–H and O–H groups in total. The number of rotatable bonds is 4. The van der Waals surface area contributed by atoms with E-state index in [2.05, 4.69) is 5.32 Å². The molecule has 1 atom stereocenters. The highest BCUT2D eigenvalue weighted by Crippen LogP contribution is 2.21. The summed E-state index contributed by atoms with van der Waals surface area (Å²) in [5.41, 5.74) is 0.588. The smallest absolute Gasteiger partial charge is 0.252 e. The average molecular weight is 237 g/mol. The number of nitrogens with one attached hydrogen (secondary N) is 1. The van der Waals surface area contributed by atoms with Gasteiger partial charge in [-0.15, -0.1) is 0 Å². The molecule has 1 aromatic rings. The molecule has 0 heterocycles. The van der Waals surface area contributed by atoms with E-state index in [9.17, 15) is 9.18 Å². The molecule has 0 aromatic heterocycles. The largest absolute Gasteiger partial charge is 0.347 e. The van der Waals surface area contributed by atoms with Gasteiger partial charge in [0.15, 0.2) is 0 Å². The van der Waals surface area contributed by atoms with E-state index < -0.39 is 6.17 Å². The first kappa shape index (κ1) is 13.7. The zero-order valence-corrected chi connectivity index (χ0v) is 10.9. The fourth-order valence-corrected chi connectivity index (χ4v) is 1.51. The minimum atomic E-state index is -1.14. The maximum atomic E-state index is 13.4. The van der Waals surface area contributed by atoms with E-state index in [-0.39, 0.29) is 11.4 Å². The molecular weight excluding hydrogens is 217 g/mol. The van der Waals surface area contributed by atoms with Crippen molar-refractivity contribution in [3.8, 4) is 0 Å². The molecule has 2 nitrogen and oxygen atoms in total. The lowest BCUT2D eigenvalue weighted by Gasteiger charge is -2.25. The summed E-state index contributed by atoms with van der Waals surface area (Å²) in [7, 11) is 0. The number of halogens is 1. The zero-order chi connectivity index (χ0) is 13.1. The predicted octanol–water partition coefficient (Wildman–Crippen LogP) is 3.64. The van der Waals surface area contributed by atoms with Gasteiger partial charge in [0.2, 0.25) is 0 Å². The van der Waals surface area contributed by atoms with Gasteiger partial charge in [-0.05, 0) is 38.8 Å². The number of carbonyl (C=O) groups excluding carboxylic acids is 1. The lowest BCUT2D eigenvalue weighted by Crippen LogP contribution is -2.43. The molecule has 17 heavy (non-hydrogen) atoms. The molecule has 0 aliphatic carbocycles. The third-order valence-electron chi connectivity index (χ3n) is 2.97. The van der Waals surface area contributed by atoms with E-state index in [1.54, 1.807) is 24.3 Å². The standard InChI is InChI=1S/C14H20FNO/c1-5-14(3,4)16-13(17)12-9-7-6-8-11(12)10(2)15/h6-10H,5H2,1-4H3,(H,16,17)/t10-/m0/s1. The molecule has 1 rings (SSSR count). The van der Waals surface area contributed by atoms with Crippen molar-refractivity contribution in [2.75, 3.05) is 0 Å². The predicted molar refractivity (Wildman–Crippen MR) is 67.8 cm³/mol. The van der Waals surface area contributed by atoms with Crippen LogP contribution in [0.5, 0.6) is 0 Å². The van der Waals surface area contributed by atoms with Crippen LogP contribution in [0.2, 0.25) is 0 Å². The summed E-state index contributed by atoms with van der Waals surface area (Å²) in [6.45, 7) is 7.35. The third-order valence-corrected chi connectivity index (χ3v) is 2.97. The molecule has 0 unspecified atom stereocenters. The molecular formula is C14H20FNO. The zero-order valence-electron chi connectivity index (χ0n) is 10.9. The van der Waals surface area contributed by atoms with Crippen molar-refractivity contribution in [2.24, 2.45) is 0 Å². The summed E-state index contributed by atoms with van der Waals surface area (Å²) in [4.78, 5) is 12.1. The summed E-state index contributed by atoms with van der Waals surface area (Å²) < 4.78 is 13.4. The molecule has 0 aliphatic rings. The maximum Gasteiger partial charge on any atom is 0.252 e. The van der Waals surface area contributed by atoms with Gasteiger partial charge in [-0.25, -0.2) is 4.39 Å². The second kappa shape index (κ2) is 5.30. The topological polar surface area (TPSA) is 29.1 Å². The van der Waals surface area contributed by atoms with Gasteiger partial charge in [0, 0.05) is 11.1 Å². The lowest BCUT2D eigenvalue weighted by molar-refractivity contribution is 0.0908. The molecule has 0 radical (unpaired) electrons. The highest BCUT2D eigenvalue weighted by Gasteiger charge is 2.21. The van der Waals surface area contributed by atoms with Gasteiger partial charge >= 0.3 is 0 Å². The Kier molecular flexibility index (Phi) is 4.27. The number of benzene rings is 1. The molecule has 0 spiro atoms. The van der Waals surface area contributed by atoms with E-state index in [1.165, 1.54) is 6.92 Å². The first-order valence-electron chi connectivity index (χ1n) is 5.93. The number of amides is 1. The molecule has 1 amide bonds. The van der Waals surface area contributed by atoms with Crippen LogP contribution >= 0.6 is 0 Å². The molecule has 1 aromatic carbocycles. The summed E-state index contributed by atoms with van der Waals surface area (Å²) in [5.74, 6) is -0.211. The maximum absolute atomic E-state index is 13.4. The third kappa shape index (κ3) is 3.55. The van der Waals surface area contributed by atoms with Gasteiger partial charge in [-0.2, -0.15) is 0 Å². The van der Waals surface area contributed by atoms with Crippen molar-refractivity contribution in [1.29, 1.82) is 0 Å². The second-order valence-electron chi connectivity index (χ2n) is 4.89. The van der Waals surface area contributed by atoms with E-state index in [0.29, 0.717) is 11.1 Å². The molecule has 3 heteroatoms. The first-order chi connectivity index (χ1) is 7.87. The van der Waals surface area contributed by atoms with Gasteiger partial charge in [0.05, 0.1) is 0 Å². The number of hydrogen-bond acceptors (Lipinski definition) is 1. The number of alkyl halides is 1. The number of carbonyl (C=O) groups is 1. The SMILES string of the molecule is CCC(C)(C)NC(=O)c1ccccc1[C@H](C)F. The quantitative estimate of drug-likeness (QED) is 0.851. The van der Waals surface area contributed by atoms with Crippen LogP contribution in [0.1, 0.15) is 56.2 Å². The minimum absolute atomic E-state index is 0.211. The summed E-state index contributed by atoms with van der Waals surface area (Å²) in [6.07, 6.45) is -0.312. The Morgan fingerprint density at radius 1 is 1.41 bits per heavy atom. The van der Waals surface area contributed by atoms with Gasteiger partial charge in [-0.3, -0.25) is 4.79 Å². The van der Waals surface area contributed by atoms with Gasteiger partial charge in [-0.1, -0.05) is 25.1 Å². The van der Waals surface area contributed by atoms with Crippen molar-refractivity contribution in [3.05, 3.63) is 35.4 Å². The number of hydrogen-bond donors (Lipinski definition) is 1. The monoisotopic (exact) mass is 237 g/mol. The Morgan fingerprint density at radius 2 is 2.00 bits per heavy atom. The Bertz CT molecular complexity index is 399. The van der Waals surface area contributed by atoms with Crippen molar-refractivity contribution < 1.29 is 9.18 Å². The van der Waals surface area contributed by atoms with E-state index in [1.807, 2.05) is 20.8 Å². The highest BCUT2D eigenvalue weighted by atomic mass is 19.1. The molecule has 94 valence electrons. The van der Waals surface area contributed by atoms with Crippen molar-refractivity contribution in [2.45, 2.75) is 45.8 Å². The highest BCUT2D eigenvalue weighted by molar-refractivity contribution is 5.96. The summed E-state index contributed by atoms with van der Waals surface area (Å²) >= 11 is 0. The van der Waals surface area contributed by atoms with E-state index in [4.69, 9.17) is 0 Å². The van der Waals surface area contributed by atoms with Crippen LogP contribution < -0.4 is 5.32 Å². The lowest BCUT2D eigenvalue weighted by atomic mass is 9.99. The first-order valence-corrected chi connectivity index (χ1v) is 5.93. The van der Waals surface area contributed by atoms with Gasteiger partial charge < -0.3 is 5.32 Å². The fraction of sp³-hybridized carbons (Fsp3) is 0.500. The Balaban J connectivity index is 2.97. The van der Waals surface area contributed by atoms with Crippen LogP contribution in [0.15, 0.2) is 24.3 Å². The second-order valence-corrected chi connectivity index (χ2v) is 4.89. The van der Waals surface area contributed by atoms with Crippen LogP contribution in [0.25, 0.3) is 0 Å². The molecule has 0 aliphatic heterocycles. The van der Waals surface area contributed by atoms with Crippen molar-refractivity contribution >= 4 is 5.91 Å². The molecule has 0 fully saturated rings. The van der Waals surface area contributed by atoms with Crippen LogP contribution in [0, 0.1) is 0 Å². The van der Waals surface area contributed by atoms with E-state index in [0.717, 1.165) is 6.42 Å². The van der Waals surface area contributed by atoms with Crippen LogP contribution in [0.3, 0.4) is 0 Å². The Labute approximate surface area is 102 Å². The van der Waals surface area contributed by atoms with Crippen molar-refractivity contribution in [3.63, 3.8) is 0 Å². The molecule has 0 saturated carbocycles. The van der Waals surface area contributed by atoms with Crippen molar-refractivity contribution in [1.82, 2.24) is 5.32 Å². The van der Waals surface area contributed by atoms with Crippen LogP contribution in [0.4, 0.5) is 4.39 Å². The molecule has 0 saturated heterocycles. The van der Waals surface area contributed by atoms with E-state index >= 15 is 0 Å². The Hall–Kier alpha value is -1.38. The molecule has 0 bridgehead atoms. The average Bonchev–Trinajstić information content (AvgIpc) is 2.28. The fourth-order valence-electron chi connectivity index (χ4n) is 1.51. The normalized spacial score (nSPS) is 13.2. The van der Waals surface area contributed by atoms with Crippen LogP contribution in [-0.4, -0.2) is 11.4 Å². The minimum Gasteiger partial charge on any atom is -0.347 e. The Morgan fingerprint density at radius 3 is 2.53 bits per heavy atom. The van der Waals surface area contributed by atoms with Gasteiger partial charge in [0.25, 0.3) is 5.91 Å². The summed E-state index contributed by atoms with van der Waals surface area (Å²) in [6, 6.07) is 6.80. The van der Waals surface area contributed by atoms with Crippen LogP contribution in [-0.2, 0) is 0 Å². The summed E-state index contributed by atoms with van der Waals surface area (Å²) in [5, 5.41) is 2.91.